The molecule has 8 heteroatoms. The highest BCUT2D eigenvalue weighted by Crippen LogP contribution is 2.11. The third-order valence-electron chi connectivity index (χ3n) is 5.35. The summed E-state index contributed by atoms with van der Waals surface area (Å²) < 4.78 is 4.55. The predicted octanol–water partition coefficient (Wildman–Crippen LogP) is 1.45. The minimum absolute atomic E-state index is 0.292. The average molecular weight is 375 g/mol. The van der Waals surface area contributed by atoms with Crippen LogP contribution in [0, 0.1) is 4.77 Å². The van der Waals surface area contributed by atoms with Gasteiger partial charge in [-0.3, -0.25) is 19.0 Å². The molecule has 2 aromatic heterocycles. The fourth-order valence-electron chi connectivity index (χ4n) is 3.77. The van der Waals surface area contributed by atoms with Gasteiger partial charge in [0.2, 0.25) is 10.7 Å². The van der Waals surface area contributed by atoms with Gasteiger partial charge in [0.05, 0.1) is 13.2 Å². The Labute approximate surface area is 158 Å². The monoisotopic (exact) mass is 374 g/mol. The predicted molar refractivity (Wildman–Crippen MR) is 102 cm³/mol. The number of aromatic nitrogens is 3. The molecular weight excluding hydrogens is 348 g/mol. The number of nitrogens with zero attached hydrogens (tertiary/aromatic N) is 6. The van der Waals surface area contributed by atoms with E-state index in [1.54, 1.807) is 0 Å². The molecule has 2 aliphatic rings. The fraction of sp³-hybridized carbons (Fsp3) is 0.611. The van der Waals surface area contributed by atoms with Gasteiger partial charge in [-0.15, -0.1) is 0 Å². The second-order valence-electron chi connectivity index (χ2n) is 7.19. The Balaban J connectivity index is 1.30. The Morgan fingerprint density at radius 1 is 1.00 bits per heavy atom. The summed E-state index contributed by atoms with van der Waals surface area (Å²) in [5.74, 6) is 0.292. The van der Waals surface area contributed by atoms with Crippen LogP contribution in [0.15, 0.2) is 24.4 Å². The van der Waals surface area contributed by atoms with Crippen molar-refractivity contribution >= 4 is 23.8 Å². The summed E-state index contributed by atoms with van der Waals surface area (Å²) in [6, 6.07) is 5.91. The van der Waals surface area contributed by atoms with Gasteiger partial charge >= 0.3 is 0 Å². The van der Waals surface area contributed by atoms with Gasteiger partial charge in [-0.1, -0.05) is 6.07 Å². The fourth-order valence-corrected chi connectivity index (χ4v) is 4.03. The lowest BCUT2D eigenvalue weighted by atomic mass is 10.1. The molecule has 1 amide bonds. The van der Waals surface area contributed by atoms with Crippen LogP contribution in [-0.2, 0) is 11.5 Å². The number of likely N-dealkylation sites (tertiary alicyclic amines) is 1. The third-order valence-corrected chi connectivity index (χ3v) is 5.76. The number of hydrogen-bond donors (Lipinski definition) is 0. The van der Waals surface area contributed by atoms with Crippen LogP contribution in [0.4, 0.5) is 0 Å². The highest BCUT2D eigenvalue weighted by Gasteiger charge is 2.23. The van der Waals surface area contributed by atoms with Gasteiger partial charge in [0.1, 0.15) is 0 Å². The van der Waals surface area contributed by atoms with Gasteiger partial charge in [0.25, 0.3) is 0 Å². The minimum atomic E-state index is 0.292. The van der Waals surface area contributed by atoms with E-state index in [0.29, 0.717) is 19.1 Å². The maximum atomic E-state index is 12.4. The molecule has 0 atom stereocenters. The summed E-state index contributed by atoms with van der Waals surface area (Å²) in [6.45, 7) is 6.83. The lowest BCUT2D eigenvalue weighted by Crippen LogP contribution is -2.50. The van der Waals surface area contributed by atoms with E-state index in [-0.39, 0.29) is 0 Å². The second-order valence-corrected chi connectivity index (χ2v) is 7.55. The number of pyridine rings is 1. The number of fused-ring (bicyclic) bond motifs is 1. The molecular formula is C18H26N6OS. The van der Waals surface area contributed by atoms with Crippen molar-refractivity contribution in [2.45, 2.75) is 25.9 Å². The molecule has 0 saturated carbocycles. The molecule has 0 spiro atoms. The van der Waals surface area contributed by atoms with Crippen LogP contribution in [0.2, 0.25) is 0 Å². The van der Waals surface area contributed by atoms with Gasteiger partial charge in [-0.25, -0.2) is 4.68 Å². The van der Waals surface area contributed by atoms with Crippen LogP contribution in [0.3, 0.4) is 0 Å². The van der Waals surface area contributed by atoms with Gasteiger partial charge in [-0.05, 0) is 43.6 Å². The van der Waals surface area contributed by atoms with E-state index >= 15 is 0 Å². The molecule has 26 heavy (non-hydrogen) atoms. The molecule has 2 aliphatic heterocycles. The van der Waals surface area contributed by atoms with Crippen LogP contribution < -0.4 is 0 Å². The molecule has 4 heterocycles. The average Bonchev–Trinajstić information content (AvgIpc) is 3.00. The summed E-state index contributed by atoms with van der Waals surface area (Å²) >= 11 is 5.52. The number of carbonyl (C=O) groups excluding carboxylic acids is 1. The van der Waals surface area contributed by atoms with Crippen LogP contribution in [0.1, 0.15) is 19.3 Å². The van der Waals surface area contributed by atoms with Crippen molar-refractivity contribution in [1.82, 2.24) is 28.9 Å². The Bertz CT molecular complexity index is 816. The number of hydrogen-bond acceptors (Lipinski definition) is 5. The van der Waals surface area contributed by atoms with Gasteiger partial charge in [-0.2, -0.15) is 5.10 Å². The van der Waals surface area contributed by atoms with Crippen molar-refractivity contribution in [2.24, 2.45) is 0 Å². The standard InChI is InChI=1S/C18H26N6OS/c25-17(22-7-3-1-4-8-22)14-20-10-12-21(13-11-20)15-24-18(26)23-9-5-2-6-16(23)19-24/h2,5-6,9H,1,3-4,7-8,10-15H2. The van der Waals surface area contributed by atoms with Crippen molar-refractivity contribution in [3.05, 3.63) is 29.2 Å². The van der Waals surface area contributed by atoms with Crippen molar-refractivity contribution in [3.8, 4) is 0 Å². The molecule has 2 fully saturated rings. The second kappa shape index (κ2) is 7.85. The summed E-state index contributed by atoms with van der Waals surface area (Å²) in [5.41, 5.74) is 0.878. The van der Waals surface area contributed by atoms with E-state index in [0.717, 1.165) is 62.5 Å². The number of rotatable bonds is 4. The smallest absolute Gasteiger partial charge is 0.236 e. The van der Waals surface area contributed by atoms with E-state index in [1.807, 2.05) is 38.4 Å². The minimum Gasteiger partial charge on any atom is -0.342 e. The lowest BCUT2D eigenvalue weighted by molar-refractivity contribution is -0.133. The first-order valence-corrected chi connectivity index (χ1v) is 9.88. The number of amides is 1. The summed E-state index contributed by atoms with van der Waals surface area (Å²) in [4.78, 5) is 19.1. The van der Waals surface area contributed by atoms with Gasteiger partial charge < -0.3 is 4.90 Å². The molecule has 0 aliphatic carbocycles. The third kappa shape index (κ3) is 3.82. The first-order chi connectivity index (χ1) is 12.7. The largest absolute Gasteiger partial charge is 0.342 e. The topological polar surface area (TPSA) is 49.0 Å². The van der Waals surface area contributed by atoms with Crippen molar-refractivity contribution in [3.63, 3.8) is 0 Å². The molecule has 4 rings (SSSR count). The summed E-state index contributed by atoms with van der Waals surface area (Å²) in [7, 11) is 0. The molecule has 0 bridgehead atoms. The quantitative estimate of drug-likeness (QED) is 0.759. The molecule has 0 radical (unpaired) electrons. The molecule has 0 N–H and O–H groups in total. The van der Waals surface area contributed by atoms with E-state index in [9.17, 15) is 4.79 Å². The Kier molecular flexibility index (Phi) is 5.33. The van der Waals surface area contributed by atoms with E-state index in [2.05, 4.69) is 14.9 Å². The van der Waals surface area contributed by atoms with E-state index < -0.39 is 0 Å². The maximum absolute atomic E-state index is 12.4. The summed E-state index contributed by atoms with van der Waals surface area (Å²) in [6.07, 6.45) is 5.51. The Hall–Kier alpha value is -1.77. The zero-order valence-electron chi connectivity index (χ0n) is 15.1. The maximum Gasteiger partial charge on any atom is 0.236 e. The first-order valence-electron chi connectivity index (χ1n) is 9.47. The molecule has 2 aromatic rings. The van der Waals surface area contributed by atoms with E-state index in [1.165, 1.54) is 6.42 Å². The number of piperidine rings is 1. The van der Waals surface area contributed by atoms with Crippen LogP contribution in [0.25, 0.3) is 5.65 Å². The van der Waals surface area contributed by atoms with Crippen LogP contribution in [0.5, 0.6) is 0 Å². The van der Waals surface area contributed by atoms with Crippen molar-refractivity contribution < 1.29 is 4.79 Å². The molecule has 2 saturated heterocycles. The normalized spacial score (nSPS) is 19.9. The number of piperazine rings is 1. The summed E-state index contributed by atoms with van der Waals surface area (Å²) in [5, 5.41) is 4.59. The highest BCUT2D eigenvalue weighted by atomic mass is 32.1. The van der Waals surface area contributed by atoms with E-state index in [4.69, 9.17) is 12.2 Å². The zero-order chi connectivity index (χ0) is 17.9. The van der Waals surface area contributed by atoms with Crippen LogP contribution in [-0.4, -0.2) is 80.6 Å². The Morgan fingerprint density at radius 2 is 1.73 bits per heavy atom. The van der Waals surface area contributed by atoms with Gasteiger partial charge in [0.15, 0.2) is 5.65 Å². The molecule has 7 nitrogen and oxygen atoms in total. The Morgan fingerprint density at radius 3 is 2.46 bits per heavy atom. The lowest BCUT2D eigenvalue weighted by Gasteiger charge is -2.35. The molecule has 140 valence electrons. The van der Waals surface area contributed by atoms with Crippen molar-refractivity contribution in [2.75, 3.05) is 45.8 Å². The number of carbonyl (C=O) groups is 1. The first kappa shape index (κ1) is 17.6. The SMILES string of the molecule is O=C(CN1CCN(Cn2nc3ccccn3c2=S)CC1)N1CCCCC1. The van der Waals surface area contributed by atoms with Crippen molar-refractivity contribution in [1.29, 1.82) is 0 Å². The van der Waals surface area contributed by atoms with Gasteiger partial charge in [0, 0.05) is 45.5 Å². The van der Waals surface area contributed by atoms with Crippen LogP contribution >= 0.6 is 12.2 Å². The highest BCUT2D eigenvalue weighted by molar-refractivity contribution is 7.71. The molecule has 0 unspecified atom stereocenters. The zero-order valence-corrected chi connectivity index (χ0v) is 15.9. The molecule has 0 aromatic carbocycles.